The van der Waals surface area contributed by atoms with E-state index in [0.717, 1.165) is 34.7 Å². The number of benzene rings is 2. The van der Waals surface area contributed by atoms with Crippen LogP contribution in [0.2, 0.25) is 5.02 Å². The molecule has 0 heterocycles. The second-order valence-electron chi connectivity index (χ2n) is 5.12. The Hall–Kier alpha value is -0.900. The molecule has 2 aromatic rings. The predicted octanol–water partition coefficient (Wildman–Crippen LogP) is 5.64. The van der Waals surface area contributed by atoms with E-state index in [2.05, 4.69) is 34.2 Å². The summed E-state index contributed by atoms with van der Waals surface area (Å²) < 4.78 is 13.9. The van der Waals surface area contributed by atoms with Crippen LogP contribution in [0.15, 0.2) is 40.9 Å². The highest BCUT2D eigenvalue weighted by atomic mass is 79.9. The van der Waals surface area contributed by atoms with Crippen LogP contribution in [0.1, 0.15) is 36.1 Å². The van der Waals surface area contributed by atoms with E-state index in [0.29, 0.717) is 4.47 Å². The van der Waals surface area contributed by atoms with E-state index < -0.39 is 0 Å². The summed E-state index contributed by atoms with van der Waals surface area (Å²) in [6.45, 7) is 5.02. The van der Waals surface area contributed by atoms with E-state index in [1.54, 1.807) is 0 Å². The molecule has 2 aromatic carbocycles. The van der Waals surface area contributed by atoms with Crippen molar-refractivity contribution in [3.8, 4) is 0 Å². The summed E-state index contributed by atoms with van der Waals surface area (Å²) in [4.78, 5) is 0. The van der Waals surface area contributed by atoms with Crippen LogP contribution in [0.3, 0.4) is 0 Å². The molecule has 1 nitrogen and oxygen atoms in total. The molecule has 1 unspecified atom stereocenters. The van der Waals surface area contributed by atoms with Gasteiger partial charge in [0.1, 0.15) is 5.82 Å². The largest absolute Gasteiger partial charge is 0.306 e. The van der Waals surface area contributed by atoms with Gasteiger partial charge < -0.3 is 5.32 Å². The molecule has 0 saturated carbocycles. The lowest BCUT2D eigenvalue weighted by atomic mass is 9.97. The maximum Gasteiger partial charge on any atom is 0.137 e. The molecule has 0 amide bonds. The second kappa shape index (κ2) is 7.39. The molecule has 21 heavy (non-hydrogen) atoms. The summed E-state index contributed by atoms with van der Waals surface area (Å²) in [7, 11) is 0. The zero-order valence-corrected chi connectivity index (χ0v) is 14.4. The molecular formula is C17H18BrClFN. The molecule has 0 spiro atoms. The summed E-state index contributed by atoms with van der Waals surface area (Å²) in [6, 6.07) is 11.1. The Morgan fingerprint density at radius 3 is 2.57 bits per heavy atom. The highest BCUT2D eigenvalue weighted by Gasteiger charge is 2.15. The van der Waals surface area contributed by atoms with Gasteiger partial charge in [-0.05, 0) is 76.8 Å². The standard InChI is InChI=1S/C17H18BrClFN/c1-3-6-21-17(12-4-5-16(20)15(18)10-12)13-7-11(2)8-14(19)9-13/h4-5,7-10,17,21H,3,6H2,1-2H3. The highest BCUT2D eigenvalue weighted by Crippen LogP contribution is 2.28. The average molecular weight is 371 g/mol. The molecule has 0 saturated heterocycles. The Kier molecular flexibility index (Phi) is 5.80. The van der Waals surface area contributed by atoms with Gasteiger partial charge in [-0.1, -0.05) is 30.7 Å². The molecule has 0 bridgehead atoms. The number of hydrogen-bond acceptors (Lipinski definition) is 1. The molecule has 2 rings (SSSR count). The fraction of sp³-hybridized carbons (Fsp3) is 0.294. The third-order valence-corrected chi connectivity index (χ3v) is 4.10. The van der Waals surface area contributed by atoms with E-state index in [1.807, 2.05) is 31.2 Å². The minimum Gasteiger partial charge on any atom is -0.306 e. The van der Waals surface area contributed by atoms with Crippen molar-refractivity contribution in [2.75, 3.05) is 6.54 Å². The van der Waals surface area contributed by atoms with Crippen molar-refractivity contribution in [3.05, 3.63) is 68.4 Å². The minimum atomic E-state index is -0.254. The van der Waals surface area contributed by atoms with Crippen molar-refractivity contribution in [3.63, 3.8) is 0 Å². The quantitative estimate of drug-likeness (QED) is 0.718. The van der Waals surface area contributed by atoms with Gasteiger partial charge in [0.15, 0.2) is 0 Å². The van der Waals surface area contributed by atoms with Crippen molar-refractivity contribution in [2.24, 2.45) is 0 Å². The summed E-state index contributed by atoms with van der Waals surface area (Å²) in [5.41, 5.74) is 3.22. The van der Waals surface area contributed by atoms with Crippen LogP contribution in [-0.4, -0.2) is 6.54 Å². The van der Waals surface area contributed by atoms with Crippen LogP contribution in [0.5, 0.6) is 0 Å². The number of aryl methyl sites for hydroxylation is 1. The second-order valence-corrected chi connectivity index (χ2v) is 6.41. The molecule has 0 aromatic heterocycles. The Bertz CT molecular complexity index is 610. The number of rotatable bonds is 5. The van der Waals surface area contributed by atoms with Crippen LogP contribution in [0.25, 0.3) is 0 Å². The van der Waals surface area contributed by atoms with E-state index in [9.17, 15) is 4.39 Å². The van der Waals surface area contributed by atoms with Gasteiger partial charge in [-0.2, -0.15) is 0 Å². The summed E-state index contributed by atoms with van der Waals surface area (Å²) in [5, 5.41) is 4.22. The molecule has 1 atom stereocenters. The van der Waals surface area contributed by atoms with Crippen molar-refractivity contribution < 1.29 is 4.39 Å². The normalized spacial score (nSPS) is 12.4. The highest BCUT2D eigenvalue weighted by molar-refractivity contribution is 9.10. The Morgan fingerprint density at radius 1 is 1.19 bits per heavy atom. The maximum absolute atomic E-state index is 13.5. The summed E-state index contributed by atoms with van der Waals surface area (Å²) in [5.74, 6) is -0.254. The van der Waals surface area contributed by atoms with Gasteiger partial charge >= 0.3 is 0 Å². The van der Waals surface area contributed by atoms with Crippen LogP contribution < -0.4 is 5.32 Å². The van der Waals surface area contributed by atoms with E-state index in [1.165, 1.54) is 6.07 Å². The lowest BCUT2D eigenvalue weighted by molar-refractivity contribution is 0.591. The molecule has 0 fully saturated rings. The van der Waals surface area contributed by atoms with Crippen molar-refractivity contribution >= 4 is 27.5 Å². The van der Waals surface area contributed by atoms with E-state index >= 15 is 0 Å². The molecule has 1 N–H and O–H groups in total. The molecule has 0 aliphatic heterocycles. The lowest BCUT2D eigenvalue weighted by Gasteiger charge is -2.21. The summed E-state index contributed by atoms with van der Waals surface area (Å²) >= 11 is 9.43. The number of nitrogens with one attached hydrogen (secondary N) is 1. The maximum atomic E-state index is 13.5. The van der Waals surface area contributed by atoms with Gasteiger partial charge in [-0.25, -0.2) is 4.39 Å². The molecule has 112 valence electrons. The Labute approximate surface area is 138 Å². The number of halogens is 3. The first kappa shape index (κ1) is 16.5. The van der Waals surface area contributed by atoms with Gasteiger partial charge in [0.25, 0.3) is 0 Å². The van der Waals surface area contributed by atoms with Gasteiger partial charge in [0.2, 0.25) is 0 Å². The molecule has 4 heteroatoms. The van der Waals surface area contributed by atoms with E-state index in [4.69, 9.17) is 11.6 Å². The third-order valence-electron chi connectivity index (χ3n) is 3.27. The van der Waals surface area contributed by atoms with Crippen LogP contribution in [-0.2, 0) is 0 Å². The Balaban J connectivity index is 2.43. The fourth-order valence-corrected chi connectivity index (χ4v) is 3.03. The SMILES string of the molecule is CCCNC(c1cc(C)cc(Cl)c1)c1ccc(F)c(Br)c1. The number of hydrogen-bond donors (Lipinski definition) is 1. The van der Waals surface area contributed by atoms with Crippen LogP contribution >= 0.6 is 27.5 Å². The predicted molar refractivity (Wildman–Crippen MR) is 90.4 cm³/mol. The van der Waals surface area contributed by atoms with Crippen LogP contribution in [0, 0.1) is 12.7 Å². The van der Waals surface area contributed by atoms with E-state index in [-0.39, 0.29) is 11.9 Å². The van der Waals surface area contributed by atoms with Gasteiger partial charge in [-0.15, -0.1) is 0 Å². The van der Waals surface area contributed by atoms with Crippen molar-refractivity contribution in [1.29, 1.82) is 0 Å². The molecule has 0 aliphatic carbocycles. The van der Waals surface area contributed by atoms with Gasteiger partial charge in [0.05, 0.1) is 10.5 Å². The molecule has 0 radical (unpaired) electrons. The first-order chi connectivity index (χ1) is 10.0. The van der Waals surface area contributed by atoms with Crippen molar-refractivity contribution in [2.45, 2.75) is 26.3 Å². The molecule has 0 aliphatic rings. The zero-order chi connectivity index (χ0) is 15.4. The topological polar surface area (TPSA) is 12.0 Å². The monoisotopic (exact) mass is 369 g/mol. The van der Waals surface area contributed by atoms with Crippen molar-refractivity contribution in [1.82, 2.24) is 5.32 Å². The Morgan fingerprint density at radius 2 is 1.95 bits per heavy atom. The first-order valence-electron chi connectivity index (χ1n) is 6.96. The van der Waals surface area contributed by atoms with Crippen LogP contribution in [0.4, 0.5) is 4.39 Å². The fourth-order valence-electron chi connectivity index (χ4n) is 2.34. The average Bonchev–Trinajstić information content (AvgIpc) is 2.42. The third kappa shape index (κ3) is 4.29. The first-order valence-corrected chi connectivity index (χ1v) is 8.13. The lowest BCUT2D eigenvalue weighted by Crippen LogP contribution is -2.23. The zero-order valence-electron chi connectivity index (χ0n) is 12.1. The van der Waals surface area contributed by atoms with Gasteiger partial charge in [0, 0.05) is 5.02 Å². The summed E-state index contributed by atoms with van der Waals surface area (Å²) in [6.07, 6.45) is 1.03. The smallest absolute Gasteiger partial charge is 0.137 e. The van der Waals surface area contributed by atoms with Gasteiger partial charge in [-0.3, -0.25) is 0 Å². The minimum absolute atomic E-state index is 0.000694. The molecular weight excluding hydrogens is 353 g/mol.